The summed E-state index contributed by atoms with van der Waals surface area (Å²) in [4.78, 5) is 5.51. The summed E-state index contributed by atoms with van der Waals surface area (Å²) in [5, 5.41) is 0.692. The fourth-order valence-electron chi connectivity index (χ4n) is 1.07. The first-order valence-corrected chi connectivity index (χ1v) is 4.69. The van der Waals surface area contributed by atoms with Gasteiger partial charge in [0.15, 0.2) is 5.13 Å². The summed E-state index contributed by atoms with van der Waals surface area (Å²) in [7, 11) is 0. The van der Waals surface area contributed by atoms with Crippen molar-refractivity contribution < 1.29 is 0 Å². The molecular formula is C8H14N2S. The number of nitrogen functional groups attached to an aromatic ring is 1. The van der Waals surface area contributed by atoms with Gasteiger partial charge in [-0.3, -0.25) is 0 Å². The second-order valence-electron chi connectivity index (χ2n) is 2.81. The van der Waals surface area contributed by atoms with Crippen LogP contribution in [0.25, 0.3) is 0 Å². The molecule has 1 aromatic rings. The third-order valence-corrected chi connectivity index (χ3v) is 3.13. The lowest BCUT2D eigenvalue weighted by Crippen LogP contribution is -1.89. The van der Waals surface area contributed by atoms with E-state index in [0.717, 1.165) is 12.1 Å². The van der Waals surface area contributed by atoms with Crippen LogP contribution in [0, 0.1) is 6.92 Å². The summed E-state index contributed by atoms with van der Waals surface area (Å²) < 4.78 is 0. The lowest BCUT2D eigenvalue weighted by molar-refractivity contribution is 0.740. The zero-order chi connectivity index (χ0) is 8.43. The van der Waals surface area contributed by atoms with E-state index in [4.69, 9.17) is 5.73 Å². The van der Waals surface area contributed by atoms with Gasteiger partial charge in [-0.25, -0.2) is 4.98 Å². The molecule has 1 heterocycles. The monoisotopic (exact) mass is 170 g/mol. The van der Waals surface area contributed by atoms with Crippen LogP contribution in [0.1, 0.15) is 36.8 Å². The van der Waals surface area contributed by atoms with Crippen molar-refractivity contribution in [1.82, 2.24) is 4.98 Å². The smallest absolute Gasteiger partial charge is 0.180 e. The van der Waals surface area contributed by atoms with Gasteiger partial charge < -0.3 is 5.73 Å². The molecule has 0 radical (unpaired) electrons. The first kappa shape index (κ1) is 8.53. The van der Waals surface area contributed by atoms with Gasteiger partial charge >= 0.3 is 0 Å². The summed E-state index contributed by atoms with van der Waals surface area (Å²) in [6, 6.07) is 0. The number of hydrogen-bond acceptors (Lipinski definition) is 3. The first-order chi connectivity index (χ1) is 5.15. The molecule has 2 nitrogen and oxygen atoms in total. The zero-order valence-electron chi connectivity index (χ0n) is 7.22. The molecule has 0 amide bonds. The summed E-state index contributed by atoms with van der Waals surface area (Å²) in [5.74, 6) is 0.602. The summed E-state index contributed by atoms with van der Waals surface area (Å²) in [5.41, 5.74) is 6.68. The van der Waals surface area contributed by atoms with Crippen molar-refractivity contribution in [2.75, 3.05) is 5.73 Å². The van der Waals surface area contributed by atoms with Gasteiger partial charge in [0.25, 0.3) is 0 Å². The normalized spacial score (nSPS) is 13.4. The Morgan fingerprint density at radius 3 is 2.64 bits per heavy atom. The Kier molecular flexibility index (Phi) is 2.49. The predicted molar refractivity (Wildman–Crippen MR) is 50.0 cm³/mol. The maximum absolute atomic E-state index is 5.58. The summed E-state index contributed by atoms with van der Waals surface area (Å²) in [6.07, 6.45) is 1.16. The van der Waals surface area contributed by atoms with E-state index in [-0.39, 0.29) is 0 Å². The van der Waals surface area contributed by atoms with Crippen LogP contribution < -0.4 is 5.73 Å². The van der Waals surface area contributed by atoms with E-state index < -0.39 is 0 Å². The van der Waals surface area contributed by atoms with Crippen LogP contribution in [0.2, 0.25) is 0 Å². The number of anilines is 1. The Morgan fingerprint density at radius 1 is 1.64 bits per heavy atom. The number of nitrogens with zero attached hydrogens (tertiary/aromatic N) is 1. The molecule has 0 saturated carbocycles. The predicted octanol–water partition coefficient (Wildman–Crippen LogP) is 2.55. The van der Waals surface area contributed by atoms with Gasteiger partial charge in [-0.05, 0) is 19.3 Å². The molecule has 62 valence electrons. The highest BCUT2D eigenvalue weighted by Crippen LogP contribution is 2.29. The average Bonchev–Trinajstić information content (AvgIpc) is 2.28. The largest absolute Gasteiger partial charge is 0.375 e. The highest BCUT2D eigenvalue weighted by atomic mass is 32.1. The zero-order valence-corrected chi connectivity index (χ0v) is 8.03. The molecule has 0 fully saturated rings. The van der Waals surface area contributed by atoms with Crippen molar-refractivity contribution in [3.05, 3.63) is 10.6 Å². The lowest BCUT2D eigenvalue weighted by atomic mass is 10.1. The number of hydrogen-bond donors (Lipinski definition) is 1. The number of nitrogens with two attached hydrogens (primary N) is 1. The van der Waals surface area contributed by atoms with E-state index in [0.29, 0.717) is 11.0 Å². The molecule has 0 aliphatic carbocycles. The van der Waals surface area contributed by atoms with Gasteiger partial charge in [-0.1, -0.05) is 13.8 Å². The van der Waals surface area contributed by atoms with E-state index in [2.05, 4.69) is 18.8 Å². The first-order valence-electron chi connectivity index (χ1n) is 3.88. The average molecular weight is 170 g/mol. The van der Waals surface area contributed by atoms with Gasteiger partial charge in [0.1, 0.15) is 0 Å². The number of rotatable bonds is 2. The van der Waals surface area contributed by atoms with Crippen molar-refractivity contribution in [1.29, 1.82) is 0 Å². The van der Waals surface area contributed by atoms with Crippen LogP contribution >= 0.6 is 11.3 Å². The van der Waals surface area contributed by atoms with E-state index in [1.54, 1.807) is 11.3 Å². The minimum absolute atomic E-state index is 0.602. The van der Waals surface area contributed by atoms with E-state index in [1.807, 2.05) is 6.92 Å². The quantitative estimate of drug-likeness (QED) is 0.740. The Labute approximate surface area is 71.5 Å². The molecule has 0 aliphatic heterocycles. The minimum atomic E-state index is 0.602. The van der Waals surface area contributed by atoms with Gasteiger partial charge in [0.2, 0.25) is 0 Å². The molecule has 0 saturated heterocycles. The third-order valence-electron chi connectivity index (χ3n) is 1.91. The molecule has 1 aromatic heterocycles. The van der Waals surface area contributed by atoms with Crippen molar-refractivity contribution in [3.63, 3.8) is 0 Å². The van der Waals surface area contributed by atoms with E-state index in [9.17, 15) is 0 Å². The van der Waals surface area contributed by atoms with Crippen molar-refractivity contribution in [2.45, 2.75) is 33.1 Å². The minimum Gasteiger partial charge on any atom is -0.375 e. The summed E-state index contributed by atoms with van der Waals surface area (Å²) in [6.45, 7) is 6.41. The molecule has 1 unspecified atom stereocenters. The Hall–Kier alpha value is -0.570. The van der Waals surface area contributed by atoms with Gasteiger partial charge in [0.05, 0.1) is 5.69 Å². The molecule has 1 atom stereocenters. The molecule has 0 aliphatic rings. The number of aryl methyl sites for hydroxylation is 1. The van der Waals surface area contributed by atoms with Gasteiger partial charge in [-0.2, -0.15) is 0 Å². The number of aromatic nitrogens is 1. The highest BCUT2D eigenvalue weighted by Gasteiger charge is 2.10. The van der Waals surface area contributed by atoms with Gasteiger partial charge in [0, 0.05) is 4.88 Å². The maximum atomic E-state index is 5.58. The molecule has 3 heteroatoms. The molecule has 2 N–H and O–H groups in total. The Balaban J connectivity index is 2.93. The topological polar surface area (TPSA) is 38.9 Å². The molecule has 0 spiro atoms. The van der Waals surface area contributed by atoms with Crippen LogP contribution in [0.4, 0.5) is 5.13 Å². The highest BCUT2D eigenvalue weighted by molar-refractivity contribution is 7.15. The fourth-order valence-corrected chi connectivity index (χ4v) is 2.04. The SMILES string of the molecule is CCC(C)c1sc(N)nc1C. The molecule has 0 bridgehead atoms. The Morgan fingerprint density at radius 2 is 2.27 bits per heavy atom. The van der Waals surface area contributed by atoms with E-state index in [1.165, 1.54) is 4.88 Å². The maximum Gasteiger partial charge on any atom is 0.180 e. The molecular weight excluding hydrogens is 156 g/mol. The van der Waals surface area contributed by atoms with Crippen molar-refractivity contribution in [3.8, 4) is 0 Å². The van der Waals surface area contributed by atoms with Crippen LogP contribution in [0.3, 0.4) is 0 Å². The lowest BCUT2D eigenvalue weighted by Gasteiger charge is -2.04. The fraction of sp³-hybridized carbons (Fsp3) is 0.625. The van der Waals surface area contributed by atoms with Crippen LogP contribution in [-0.2, 0) is 0 Å². The number of thiazole rings is 1. The molecule has 1 rings (SSSR count). The third kappa shape index (κ3) is 1.71. The Bertz CT molecular complexity index is 242. The molecule has 11 heavy (non-hydrogen) atoms. The second-order valence-corrected chi connectivity index (χ2v) is 3.87. The standard InChI is InChI=1S/C8H14N2S/c1-4-5(2)7-6(3)10-8(9)11-7/h5H,4H2,1-3H3,(H2,9,10). The van der Waals surface area contributed by atoms with Crippen LogP contribution in [0.15, 0.2) is 0 Å². The van der Waals surface area contributed by atoms with E-state index >= 15 is 0 Å². The van der Waals surface area contributed by atoms with Crippen molar-refractivity contribution >= 4 is 16.5 Å². The van der Waals surface area contributed by atoms with Gasteiger partial charge in [-0.15, -0.1) is 11.3 Å². The summed E-state index contributed by atoms with van der Waals surface area (Å²) >= 11 is 1.61. The van der Waals surface area contributed by atoms with Crippen LogP contribution in [-0.4, -0.2) is 4.98 Å². The second kappa shape index (κ2) is 3.22. The molecule has 0 aromatic carbocycles. The van der Waals surface area contributed by atoms with Crippen molar-refractivity contribution in [2.24, 2.45) is 0 Å². The van der Waals surface area contributed by atoms with Crippen LogP contribution in [0.5, 0.6) is 0 Å².